The molecule has 1 heterocycles. The number of carboxylic acid groups (broad SMARTS) is 1. The summed E-state index contributed by atoms with van der Waals surface area (Å²) in [6.07, 6.45) is -5.71. The van der Waals surface area contributed by atoms with Crippen molar-refractivity contribution >= 4 is 55.1 Å². The molecule has 0 spiro atoms. The summed E-state index contributed by atoms with van der Waals surface area (Å²) in [6, 6.07) is 0.197. The van der Waals surface area contributed by atoms with E-state index in [0.29, 0.717) is 7.57 Å². The Morgan fingerprint density at radius 3 is 2.37 bits per heavy atom. The summed E-state index contributed by atoms with van der Waals surface area (Å²) >= 11 is 7.41. The standard InChI is InChI=1S/C9H6Br2F3NO3S/c10-5-1-3(7(11)19-5)4(2-6(16)17)15-8(18)9(12,13)14/h1,4H,2H2,(H,15,18)(H,16,17). The molecule has 10 heteroatoms. The van der Waals surface area contributed by atoms with Gasteiger partial charge in [0.2, 0.25) is 0 Å². The molecule has 0 aromatic carbocycles. The fourth-order valence-corrected chi connectivity index (χ4v) is 4.22. The second-order valence-electron chi connectivity index (χ2n) is 3.40. The third-order valence-electron chi connectivity index (χ3n) is 2.00. The van der Waals surface area contributed by atoms with Crippen LogP contribution >= 0.6 is 43.2 Å². The van der Waals surface area contributed by atoms with Gasteiger partial charge in [-0.25, -0.2) is 0 Å². The van der Waals surface area contributed by atoms with E-state index in [1.807, 2.05) is 0 Å². The van der Waals surface area contributed by atoms with Gasteiger partial charge < -0.3 is 10.4 Å². The van der Waals surface area contributed by atoms with E-state index in [2.05, 4.69) is 31.9 Å². The molecular weight excluding hydrogens is 419 g/mol. The highest BCUT2D eigenvalue weighted by Crippen LogP contribution is 2.37. The Hall–Kier alpha value is -0.610. The van der Waals surface area contributed by atoms with Crippen LogP contribution in [0.25, 0.3) is 0 Å². The van der Waals surface area contributed by atoms with Gasteiger partial charge in [0.25, 0.3) is 0 Å². The molecule has 1 rings (SSSR count). The summed E-state index contributed by atoms with van der Waals surface area (Å²) in [4.78, 5) is 21.6. The topological polar surface area (TPSA) is 66.4 Å². The van der Waals surface area contributed by atoms with Gasteiger partial charge in [0.05, 0.1) is 20.0 Å². The predicted molar refractivity (Wildman–Crippen MR) is 68.9 cm³/mol. The first-order valence-electron chi connectivity index (χ1n) is 4.65. The number of carbonyl (C=O) groups is 2. The number of rotatable bonds is 4. The van der Waals surface area contributed by atoms with Gasteiger partial charge in [0.1, 0.15) is 0 Å². The van der Waals surface area contributed by atoms with E-state index < -0.39 is 30.5 Å². The van der Waals surface area contributed by atoms with Gasteiger partial charge >= 0.3 is 18.1 Å². The van der Waals surface area contributed by atoms with E-state index in [1.54, 1.807) is 5.32 Å². The Balaban J connectivity index is 2.99. The van der Waals surface area contributed by atoms with Crippen LogP contribution in [0.4, 0.5) is 13.2 Å². The number of carboxylic acids is 1. The first-order valence-corrected chi connectivity index (χ1v) is 7.05. The third kappa shape index (κ3) is 4.77. The van der Waals surface area contributed by atoms with Crippen LogP contribution in [0.2, 0.25) is 0 Å². The van der Waals surface area contributed by atoms with E-state index in [1.165, 1.54) is 17.4 Å². The maximum Gasteiger partial charge on any atom is 0.471 e. The SMILES string of the molecule is O=C(O)CC(NC(=O)C(F)(F)F)c1cc(Br)sc1Br. The van der Waals surface area contributed by atoms with Crippen molar-refractivity contribution in [3.05, 3.63) is 19.2 Å². The molecule has 1 unspecified atom stereocenters. The number of aliphatic carboxylic acids is 1. The highest BCUT2D eigenvalue weighted by Gasteiger charge is 2.40. The lowest BCUT2D eigenvalue weighted by molar-refractivity contribution is -0.174. The van der Waals surface area contributed by atoms with Gasteiger partial charge in [0.15, 0.2) is 0 Å². The Morgan fingerprint density at radius 2 is 2.00 bits per heavy atom. The lowest BCUT2D eigenvalue weighted by Gasteiger charge is -2.17. The zero-order valence-corrected chi connectivity index (χ0v) is 12.9. The van der Waals surface area contributed by atoms with Crippen molar-refractivity contribution < 1.29 is 27.9 Å². The van der Waals surface area contributed by atoms with Crippen LogP contribution < -0.4 is 5.32 Å². The molecule has 0 saturated heterocycles. The number of amides is 1. The van der Waals surface area contributed by atoms with Crippen molar-refractivity contribution in [1.29, 1.82) is 0 Å². The minimum absolute atomic E-state index is 0.275. The largest absolute Gasteiger partial charge is 0.481 e. The van der Waals surface area contributed by atoms with Crippen molar-refractivity contribution in [3.63, 3.8) is 0 Å². The van der Waals surface area contributed by atoms with Crippen molar-refractivity contribution in [3.8, 4) is 0 Å². The summed E-state index contributed by atoms with van der Waals surface area (Å²) in [6.45, 7) is 0. The van der Waals surface area contributed by atoms with Crippen molar-refractivity contribution in [2.75, 3.05) is 0 Å². The monoisotopic (exact) mass is 423 g/mol. The average Bonchev–Trinajstić information content (AvgIpc) is 2.54. The fraction of sp³-hybridized carbons (Fsp3) is 0.333. The van der Waals surface area contributed by atoms with E-state index in [-0.39, 0.29) is 5.56 Å². The van der Waals surface area contributed by atoms with Gasteiger partial charge in [-0.3, -0.25) is 9.59 Å². The number of thiophene rings is 1. The molecule has 0 aliphatic rings. The maximum atomic E-state index is 12.2. The minimum atomic E-state index is -5.06. The molecule has 0 aliphatic carbocycles. The molecule has 0 radical (unpaired) electrons. The summed E-state index contributed by atoms with van der Waals surface area (Å²) in [5.41, 5.74) is 0.275. The van der Waals surface area contributed by atoms with Crippen LogP contribution in [0.3, 0.4) is 0 Å². The molecule has 0 bridgehead atoms. The van der Waals surface area contributed by atoms with Gasteiger partial charge in [-0.1, -0.05) is 0 Å². The molecule has 106 valence electrons. The molecule has 0 saturated carbocycles. The normalized spacial score (nSPS) is 13.1. The van der Waals surface area contributed by atoms with Crippen LogP contribution in [-0.4, -0.2) is 23.2 Å². The van der Waals surface area contributed by atoms with E-state index >= 15 is 0 Å². The molecule has 1 aromatic rings. The smallest absolute Gasteiger partial charge is 0.471 e. The number of hydrogen-bond donors (Lipinski definition) is 2. The van der Waals surface area contributed by atoms with Gasteiger partial charge in [-0.05, 0) is 37.9 Å². The summed E-state index contributed by atoms with van der Waals surface area (Å²) in [5.74, 6) is -3.49. The van der Waals surface area contributed by atoms with Crippen molar-refractivity contribution in [1.82, 2.24) is 5.32 Å². The number of hydrogen-bond acceptors (Lipinski definition) is 3. The zero-order valence-electron chi connectivity index (χ0n) is 8.92. The number of carbonyl (C=O) groups excluding carboxylic acids is 1. The van der Waals surface area contributed by atoms with Crippen LogP contribution in [-0.2, 0) is 9.59 Å². The van der Waals surface area contributed by atoms with Gasteiger partial charge in [0, 0.05) is 5.56 Å². The lowest BCUT2D eigenvalue weighted by Crippen LogP contribution is -2.39. The Bertz CT molecular complexity index is 503. The Morgan fingerprint density at radius 1 is 1.42 bits per heavy atom. The fourth-order valence-electron chi connectivity index (χ4n) is 1.24. The highest BCUT2D eigenvalue weighted by molar-refractivity contribution is 9.12. The quantitative estimate of drug-likeness (QED) is 0.777. The first kappa shape index (κ1) is 16.4. The average molecular weight is 425 g/mol. The molecule has 1 amide bonds. The van der Waals surface area contributed by atoms with Gasteiger partial charge in [-0.2, -0.15) is 13.2 Å². The first-order chi connectivity index (χ1) is 8.61. The lowest BCUT2D eigenvalue weighted by atomic mass is 10.1. The molecular formula is C9H6Br2F3NO3S. The zero-order chi connectivity index (χ0) is 14.8. The molecule has 0 fully saturated rings. The van der Waals surface area contributed by atoms with E-state index in [4.69, 9.17) is 5.11 Å². The predicted octanol–water partition coefficient (Wildman–Crippen LogP) is 3.47. The number of halogens is 5. The third-order valence-corrected chi connectivity index (χ3v) is 4.39. The van der Waals surface area contributed by atoms with Crippen molar-refractivity contribution in [2.24, 2.45) is 0 Å². The van der Waals surface area contributed by atoms with Crippen LogP contribution in [0.5, 0.6) is 0 Å². The molecule has 19 heavy (non-hydrogen) atoms. The second-order valence-corrected chi connectivity index (χ2v) is 7.15. The molecule has 0 aliphatic heterocycles. The van der Waals surface area contributed by atoms with Crippen molar-refractivity contribution in [2.45, 2.75) is 18.6 Å². The van der Waals surface area contributed by atoms with E-state index in [0.717, 1.165) is 0 Å². The maximum absolute atomic E-state index is 12.2. The van der Waals surface area contributed by atoms with Crippen LogP contribution in [0, 0.1) is 0 Å². The van der Waals surface area contributed by atoms with E-state index in [9.17, 15) is 22.8 Å². The number of nitrogens with one attached hydrogen (secondary N) is 1. The van der Waals surface area contributed by atoms with Crippen LogP contribution in [0.1, 0.15) is 18.0 Å². The Labute approximate surface area is 126 Å². The number of alkyl halides is 3. The van der Waals surface area contributed by atoms with Gasteiger partial charge in [-0.15, -0.1) is 11.3 Å². The summed E-state index contributed by atoms with van der Waals surface area (Å²) in [5, 5.41) is 10.4. The molecule has 2 N–H and O–H groups in total. The molecule has 1 atom stereocenters. The molecule has 1 aromatic heterocycles. The van der Waals surface area contributed by atoms with Crippen LogP contribution in [0.15, 0.2) is 13.6 Å². The second kappa shape index (κ2) is 6.23. The Kier molecular flexibility index (Phi) is 5.39. The summed E-state index contributed by atoms with van der Waals surface area (Å²) in [7, 11) is 0. The molecule has 4 nitrogen and oxygen atoms in total. The highest BCUT2D eigenvalue weighted by atomic mass is 79.9. The minimum Gasteiger partial charge on any atom is -0.481 e. The summed E-state index contributed by atoms with van der Waals surface area (Å²) < 4.78 is 37.6.